The number of unbranched alkanes of at least 4 members (excludes halogenated alkanes) is 5. The lowest BCUT2D eigenvalue weighted by atomic mass is 9.99. The number of benzene rings is 1. The molecular weight excluding hydrogens is 340 g/mol. The first-order valence-corrected chi connectivity index (χ1v) is 10.6. The summed E-state index contributed by atoms with van der Waals surface area (Å²) in [5.74, 6) is -1.64. The predicted molar refractivity (Wildman–Crippen MR) is 108 cm³/mol. The van der Waals surface area contributed by atoms with Gasteiger partial charge >= 0.3 is 11.9 Å². The number of carbonyl (C=O) groups excluding carboxylic acids is 2. The predicted octanol–water partition coefficient (Wildman–Crippen LogP) is 5.48. The van der Waals surface area contributed by atoms with E-state index in [2.05, 4.69) is 26.0 Å². The molecule has 0 aromatic heterocycles. The molecule has 1 aromatic carbocycles. The van der Waals surface area contributed by atoms with E-state index in [4.69, 9.17) is 9.47 Å². The van der Waals surface area contributed by atoms with Crippen LogP contribution in [0.2, 0.25) is 0 Å². The van der Waals surface area contributed by atoms with Gasteiger partial charge in [0.25, 0.3) is 0 Å². The summed E-state index contributed by atoms with van der Waals surface area (Å²) in [7, 11) is 0. The summed E-state index contributed by atoms with van der Waals surface area (Å²) in [5, 5.41) is 0. The maximum atomic E-state index is 12.4. The first kappa shape index (κ1) is 23.2. The van der Waals surface area contributed by atoms with Gasteiger partial charge in [0.05, 0.1) is 13.2 Å². The molecule has 152 valence electrons. The topological polar surface area (TPSA) is 52.6 Å². The molecule has 0 spiro atoms. The van der Waals surface area contributed by atoms with Gasteiger partial charge in [-0.3, -0.25) is 9.59 Å². The Labute approximate surface area is 164 Å². The Hall–Kier alpha value is -1.84. The fourth-order valence-electron chi connectivity index (χ4n) is 2.91. The molecule has 0 amide bonds. The van der Waals surface area contributed by atoms with Gasteiger partial charge in [0, 0.05) is 0 Å². The highest BCUT2D eigenvalue weighted by atomic mass is 16.6. The largest absolute Gasteiger partial charge is 0.465 e. The van der Waals surface area contributed by atoms with Crippen LogP contribution in [0, 0.1) is 5.92 Å². The maximum Gasteiger partial charge on any atom is 0.320 e. The molecule has 1 aromatic rings. The van der Waals surface area contributed by atoms with Crippen molar-refractivity contribution in [1.29, 1.82) is 0 Å². The molecule has 4 heteroatoms. The highest BCUT2D eigenvalue weighted by molar-refractivity contribution is 5.94. The van der Waals surface area contributed by atoms with Crippen LogP contribution in [-0.2, 0) is 25.5 Å². The number of carbonyl (C=O) groups is 2. The zero-order chi connectivity index (χ0) is 19.7. The van der Waals surface area contributed by atoms with Gasteiger partial charge in [0.15, 0.2) is 5.92 Å². The van der Waals surface area contributed by atoms with Crippen molar-refractivity contribution >= 4 is 11.9 Å². The summed E-state index contributed by atoms with van der Waals surface area (Å²) >= 11 is 0. The molecule has 0 saturated heterocycles. The van der Waals surface area contributed by atoms with Crippen molar-refractivity contribution in [3.63, 3.8) is 0 Å². The number of esters is 2. The lowest BCUT2D eigenvalue weighted by Gasteiger charge is -2.15. The van der Waals surface area contributed by atoms with Crippen molar-refractivity contribution in [2.45, 2.75) is 78.1 Å². The van der Waals surface area contributed by atoms with Crippen LogP contribution in [-0.4, -0.2) is 25.2 Å². The zero-order valence-electron chi connectivity index (χ0n) is 17.1. The Morgan fingerprint density at radius 3 is 1.85 bits per heavy atom. The van der Waals surface area contributed by atoms with Gasteiger partial charge in [-0.1, -0.05) is 76.3 Å². The van der Waals surface area contributed by atoms with E-state index < -0.39 is 17.9 Å². The van der Waals surface area contributed by atoms with E-state index in [1.807, 2.05) is 18.2 Å². The number of hydrogen-bond donors (Lipinski definition) is 0. The molecule has 27 heavy (non-hydrogen) atoms. The number of ether oxygens (including phenoxy) is 2. The second kappa shape index (κ2) is 15.2. The van der Waals surface area contributed by atoms with Crippen LogP contribution in [0.15, 0.2) is 30.3 Å². The smallest absolute Gasteiger partial charge is 0.320 e. The standard InChI is InChI=1S/C23H36O4/c1-3-5-12-18-26-22(24)21(23(25)27-19-13-6-4-2)17-11-10-16-20-14-8-7-9-15-20/h7-9,14-15,21H,3-6,10-13,16-19H2,1-2H3. The van der Waals surface area contributed by atoms with E-state index in [0.717, 1.165) is 57.8 Å². The average molecular weight is 377 g/mol. The van der Waals surface area contributed by atoms with Crippen LogP contribution < -0.4 is 0 Å². The zero-order valence-corrected chi connectivity index (χ0v) is 17.1. The Morgan fingerprint density at radius 1 is 0.778 bits per heavy atom. The molecule has 0 unspecified atom stereocenters. The van der Waals surface area contributed by atoms with Crippen molar-refractivity contribution in [2.75, 3.05) is 13.2 Å². The van der Waals surface area contributed by atoms with E-state index >= 15 is 0 Å². The highest BCUT2D eigenvalue weighted by Gasteiger charge is 2.29. The highest BCUT2D eigenvalue weighted by Crippen LogP contribution is 2.16. The van der Waals surface area contributed by atoms with Gasteiger partial charge in [0.1, 0.15) is 0 Å². The van der Waals surface area contributed by atoms with Crippen molar-refractivity contribution in [3.05, 3.63) is 35.9 Å². The third-order valence-corrected chi connectivity index (χ3v) is 4.60. The molecule has 0 heterocycles. The normalized spacial score (nSPS) is 10.8. The summed E-state index contributed by atoms with van der Waals surface area (Å²) in [4.78, 5) is 24.8. The monoisotopic (exact) mass is 376 g/mol. The van der Waals surface area contributed by atoms with E-state index in [0.29, 0.717) is 19.6 Å². The van der Waals surface area contributed by atoms with E-state index in [-0.39, 0.29) is 0 Å². The summed E-state index contributed by atoms with van der Waals surface area (Å²) in [5.41, 5.74) is 1.28. The minimum absolute atomic E-state index is 0.385. The summed E-state index contributed by atoms with van der Waals surface area (Å²) in [6.45, 7) is 4.97. The molecule has 0 fully saturated rings. The molecule has 1 rings (SSSR count). The van der Waals surface area contributed by atoms with Crippen LogP contribution >= 0.6 is 0 Å². The third-order valence-electron chi connectivity index (χ3n) is 4.60. The van der Waals surface area contributed by atoms with E-state index in [9.17, 15) is 9.59 Å². The quantitative estimate of drug-likeness (QED) is 0.231. The van der Waals surface area contributed by atoms with Crippen LogP contribution in [0.3, 0.4) is 0 Å². The summed E-state index contributed by atoms with van der Waals surface area (Å²) in [6, 6.07) is 10.3. The summed E-state index contributed by atoms with van der Waals surface area (Å²) < 4.78 is 10.7. The third kappa shape index (κ3) is 10.8. The minimum Gasteiger partial charge on any atom is -0.465 e. The number of hydrogen-bond acceptors (Lipinski definition) is 4. The van der Waals surface area contributed by atoms with Gasteiger partial charge in [-0.05, 0) is 37.7 Å². The van der Waals surface area contributed by atoms with Crippen LogP contribution in [0.5, 0.6) is 0 Å². The van der Waals surface area contributed by atoms with Crippen LogP contribution in [0.1, 0.15) is 77.2 Å². The molecular formula is C23H36O4. The molecule has 0 saturated carbocycles. The number of aryl methyl sites for hydroxylation is 1. The second-order valence-electron chi connectivity index (χ2n) is 7.03. The van der Waals surface area contributed by atoms with Crippen LogP contribution in [0.4, 0.5) is 0 Å². The van der Waals surface area contributed by atoms with Gasteiger partial charge in [-0.25, -0.2) is 0 Å². The first-order chi connectivity index (χ1) is 13.2. The van der Waals surface area contributed by atoms with E-state index in [1.165, 1.54) is 5.56 Å². The Bertz CT molecular complexity index is 488. The van der Waals surface area contributed by atoms with Crippen molar-refractivity contribution in [2.24, 2.45) is 5.92 Å². The lowest BCUT2D eigenvalue weighted by molar-refractivity contribution is -0.162. The first-order valence-electron chi connectivity index (χ1n) is 10.6. The molecule has 0 aliphatic rings. The molecule has 4 nitrogen and oxygen atoms in total. The number of rotatable bonds is 15. The maximum absolute atomic E-state index is 12.4. The lowest BCUT2D eigenvalue weighted by Crippen LogP contribution is -2.28. The minimum atomic E-state index is -0.788. The summed E-state index contributed by atoms with van der Waals surface area (Å²) in [6.07, 6.45) is 9.05. The Kier molecular flexibility index (Phi) is 13.1. The fraction of sp³-hybridized carbons (Fsp3) is 0.652. The molecule has 0 atom stereocenters. The van der Waals surface area contributed by atoms with Crippen molar-refractivity contribution in [3.8, 4) is 0 Å². The Morgan fingerprint density at radius 2 is 1.33 bits per heavy atom. The van der Waals surface area contributed by atoms with Gasteiger partial charge in [-0.2, -0.15) is 0 Å². The van der Waals surface area contributed by atoms with Gasteiger partial charge < -0.3 is 9.47 Å². The molecule has 0 bridgehead atoms. The molecule has 0 radical (unpaired) electrons. The van der Waals surface area contributed by atoms with Crippen molar-refractivity contribution in [1.82, 2.24) is 0 Å². The molecule has 0 aliphatic carbocycles. The Balaban J connectivity index is 2.44. The second-order valence-corrected chi connectivity index (χ2v) is 7.03. The SMILES string of the molecule is CCCCCOC(=O)C(CCCCc1ccccc1)C(=O)OCCCCC. The van der Waals surface area contributed by atoms with Gasteiger partial charge in [-0.15, -0.1) is 0 Å². The van der Waals surface area contributed by atoms with Gasteiger partial charge in [0.2, 0.25) is 0 Å². The molecule has 0 aliphatic heterocycles. The fourth-order valence-corrected chi connectivity index (χ4v) is 2.91. The molecule has 0 N–H and O–H groups in total. The average Bonchev–Trinajstić information content (AvgIpc) is 2.69. The van der Waals surface area contributed by atoms with Crippen molar-refractivity contribution < 1.29 is 19.1 Å². The van der Waals surface area contributed by atoms with E-state index in [1.54, 1.807) is 0 Å². The van der Waals surface area contributed by atoms with Crippen LogP contribution in [0.25, 0.3) is 0 Å².